The van der Waals surface area contributed by atoms with Gasteiger partial charge in [0.2, 0.25) is 6.29 Å². The summed E-state index contributed by atoms with van der Waals surface area (Å²) >= 11 is 0. The molecule has 0 spiro atoms. The lowest BCUT2D eigenvalue weighted by Gasteiger charge is -2.39. The van der Waals surface area contributed by atoms with Gasteiger partial charge in [-0.3, -0.25) is 9.59 Å². The van der Waals surface area contributed by atoms with Crippen molar-refractivity contribution in [3.63, 3.8) is 0 Å². The highest BCUT2D eigenvalue weighted by Crippen LogP contribution is 2.37. The molecule has 1 saturated heterocycles. The van der Waals surface area contributed by atoms with Crippen molar-refractivity contribution in [2.24, 2.45) is 0 Å². The second-order valence-electron chi connectivity index (χ2n) is 9.79. The Morgan fingerprint density at radius 2 is 1.61 bits per heavy atom. The van der Waals surface area contributed by atoms with Crippen molar-refractivity contribution in [3.05, 3.63) is 82.0 Å². The van der Waals surface area contributed by atoms with E-state index in [-0.39, 0.29) is 28.0 Å². The summed E-state index contributed by atoms with van der Waals surface area (Å²) in [5, 5.41) is 44.9. The molecule has 5 N–H and O–H groups in total. The van der Waals surface area contributed by atoms with Gasteiger partial charge in [0.25, 0.3) is 5.91 Å². The van der Waals surface area contributed by atoms with Crippen LogP contribution in [0.4, 0.5) is 5.69 Å². The van der Waals surface area contributed by atoms with Crippen LogP contribution in [-0.2, 0) is 9.53 Å². The zero-order valence-corrected chi connectivity index (χ0v) is 22.4. The molecule has 11 nitrogen and oxygen atoms in total. The van der Waals surface area contributed by atoms with Crippen LogP contribution in [0.3, 0.4) is 0 Å². The van der Waals surface area contributed by atoms with Crippen molar-refractivity contribution < 1.29 is 43.8 Å². The first-order chi connectivity index (χ1) is 19.6. The summed E-state index contributed by atoms with van der Waals surface area (Å²) in [4.78, 5) is 25.8. The van der Waals surface area contributed by atoms with Crippen LogP contribution in [0, 0.1) is 13.8 Å². The Labute approximate surface area is 234 Å². The van der Waals surface area contributed by atoms with Gasteiger partial charge in [-0.15, -0.1) is 0 Å². The lowest BCUT2D eigenvalue weighted by molar-refractivity contribution is -0.265. The number of phenols is 1. The molecule has 41 heavy (non-hydrogen) atoms. The highest BCUT2D eigenvalue weighted by Gasteiger charge is 2.48. The van der Waals surface area contributed by atoms with Crippen LogP contribution in [0.1, 0.15) is 11.1 Å². The first-order valence-electron chi connectivity index (χ1n) is 12.8. The van der Waals surface area contributed by atoms with Gasteiger partial charge in [0.05, 0.1) is 7.11 Å². The number of hydrogen-bond donors (Lipinski definition) is 5. The Morgan fingerprint density at radius 3 is 2.27 bits per heavy atom. The number of methoxy groups -OCH3 is 1. The van der Waals surface area contributed by atoms with Crippen molar-refractivity contribution in [1.82, 2.24) is 0 Å². The smallest absolute Gasteiger partial charge is 0.256 e. The van der Waals surface area contributed by atoms with Crippen LogP contribution < -0.4 is 20.2 Å². The first-order valence-corrected chi connectivity index (χ1v) is 12.8. The van der Waals surface area contributed by atoms with E-state index in [9.17, 15) is 30.0 Å². The maximum atomic E-state index is 12.9. The predicted molar refractivity (Wildman–Crippen MR) is 148 cm³/mol. The van der Waals surface area contributed by atoms with Gasteiger partial charge < -0.3 is 44.4 Å². The second-order valence-corrected chi connectivity index (χ2v) is 9.79. The number of phenolic OH excluding ortho intramolecular Hbond substituents is 1. The molecular formula is C30H29NO10. The number of hydrogen-bond acceptors (Lipinski definition) is 10. The van der Waals surface area contributed by atoms with E-state index < -0.39 is 47.8 Å². The molecule has 1 aromatic heterocycles. The van der Waals surface area contributed by atoms with Crippen LogP contribution in [0.25, 0.3) is 22.3 Å². The molecule has 1 aliphatic rings. The maximum Gasteiger partial charge on any atom is 0.256 e. The van der Waals surface area contributed by atoms with E-state index in [0.29, 0.717) is 17.0 Å². The Hall–Kier alpha value is -4.42. The topological polar surface area (TPSA) is 168 Å². The Balaban J connectivity index is 1.45. The fraction of sp³-hybridized carbons (Fsp3) is 0.267. The van der Waals surface area contributed by atoms with Gasteiger partial charge in [-0.1, -0.05) is 17.7 Å². The molecular weight excluding hydrogens is 534 g/mol. The molecule has 0 radical (unpaired) electrons. The van der Waals surface area contributed by atoms with E-state index in [1.807, 2.05) is 6.92 Å². The van der Waals surface area contributed by atoms with Gasteiger partial charge >= 0.3 is 0 Å². The predicted octanol–water partition coefficient (Wildman–Crippen LogP) is 2.62. The van der Waals surface area contributed by atoms with E-state index in [1.54, 1.807) is 48.5 Å². The minimum absolute atomic E-state index is 0.0130. The van der Waals surface area contributed by atoms with Gasteiger partial charge in [0.15, 0.2) is 11.5 Å². The molecule has 5 atom stereocenters. The number of aliphatic hydroxyl groups is 3. The second kappa shape index (κ2) is 11.2. The number of carbonyl (C=O) groups is 1. The van der Waals surface area contributed by atoms with E-state index in [2.05, 4.69) is 5.32 Å². The van der Waals surface area contributed by atoms with Crippen molar-refractivity contribution >= 4 is 22.6 Å². The minimum Gasteiger partial charge on any atom is -0.507 e. The Kier molecular flexibility index (Phi) is 7.70. The standard InChI is InChI=1S/C30H29NO10/c1-14-4-8-17(9-5-14)31-29(37)28-26(35)25(34)27(36)30(41-28)40-20-13-22-23(24(33)15(20)2)19(32)12-21(39-22)16-6-10-18(38-3)11-7-16/h4-13,25-28,30,33-36H,1-3H3,(H,31,37). The third kappa shape index (κ3) is 5.48. The highest BCUT2D eigenvalue weighted by atomic mass is 16.7. The maximum absolute atomic E-state index is 12.9. The average molecular weight is 564 g/mol. The number of nitrogens with one attached hydrogen (secondary N) is 1. The monoisotopic (exact) mass is 563 g/mol. The number of anilines is 1. The van der Waals surface area contributed by atoms with Crippen molar-refractivity contribution in [3.8, 4) is 28.6 Å². The molecule has 1 amide bonds. The molecule has 11 heteroatoms. The molecule has 214 valence electrons. The molecule has 3 aromatic carbocycles. The number of benzene rings is 3. The number of aliphatic hydroxyl groups excluding tert-OH is 3. The largest absolute Gasteiger partial charge is 0.507 e. The Morgan fingerprint density at radius 1 is 0.927 bits per heavy atom. The number of fused-ring (bicyclic) bond motifs is 1. The normalized spacial score (nSPS) is 22.3. The zero-order valence-electron chi connectivity index (χ0n) is 22.4. The summed E-state index contributed by atoms with van der Waals surface area (Å²) in [5.74, 6) is -0.388. The number of rotatable bonds is 6. The molecule has 4 aromatic rings. The van der Waals surface area contributed by atoms with Crippen molar-refractivity contribution in [2.45, 2.75) is 44.6 Å². The van der Waals surface area contributed by atoms with Crippen molar-refractivity contribution in [2.75, 3.05) is 12.4 Å². The van der Waals surface area contributed by atoms with Gasteiger partial charge in [0.1, 0.15) is 52.3 Å². The minimum atomic E-state index is -1.79. The summed E-state index contributed by atoms with van der Waals surface area (Å²) < 4.78 is 22.5. The van der Waals surface area contributed by atoms with E-state index in [1.165, 1.54) is 26.2 Å². The van der Waals surface area contributed by atoms with Crippen LogP contribution in [-0.4, -0.2) is 64.1 Å². The van der Waals surface area contributed by atoms with Crippen LogP contribution in [0.15, 0.2) is 69.9 Å². The zero-order chi connectivity index (χ0) is 29.4. The fourth-order valence-electron chi connectivity index (χ4n) is 4.54. The van der Waals surface area contributed by atoms with Gasteiger partial charge in [0, 0.05) is 28.9 Å². The molecule has 0 saturated carbocycles. The summed E-state index contributed by atoms with van der Waals surface area (Å²) in [5.41, 5.74) is 1.61. The van der Waals surface area contributed by atoms with E-state index in [4.69, 9.17) is 18.6 Å². The van der Waals surface area contributed by atoms with Crippen LogP contribution in [0.5, 0.6) is 17.2 Å². The quantitative estimate of drug-likeness (QED) is 0.235. The first kappa shape index (κ1) is 28.1. The molecule has 1 aliphatic heterocycles. The lowest BCUT2D eigenvalue weighted by Crippen LogP contribution is -2.62. The SMILES string of the molecule is COc1ccc(-c2cc(=O)c3c(O)c(C)c(OC4OC(C(=O)Nc5ccc(C)cc5)C(O)C(O)C4O)cc3o2)cc1. The van der Waals surface area contributed by atoms with Crippen LogP contribution >= 0.6 is 0 Å². The molecule has 1 fully saturated rings. The third-order valence-electron chi connectivity index (χ3n) is 6.96. The highest BCUT2D eigenvalue weighted by molar-refractivity contribution is 5.94. The Bertz CT molecular complexity index is 1630. The summed E-state index contributed by atoms with van der Waals surface area (Å²) in [6, 6.07) is 16.3. The average Bonchev–Trinajstić information content (AvgIpc) is 2.96. The molecule has 5 unspecified atom stereocenters. The number of aromatic hydroxyl groups is 1. The summed E-state index contributed by atoms with van der Waals surface area (Å²) in [6.07, 6.45) is -8.55. The van der Waals surface area contributed by atoms with Gasteiger partial charge in [-0.2, -0.15) is 0 Å². The fourth-order valence-corrected chi connectivity index (χ4v) is 4.54. The number of amides is 1. The third-order valence-corrected chi connectivity index (χ3v) is 6.96. The van der Waals surface area contributed by atoms with E-state index in [0.717, 1.165) is 5.56 Å². The molecule has 0 aliphatic carbocycles. The molecule has 5 rings (SSSR count). The number of ether oxygens (including phenoxy) is 3. The lowest BCUT2D eigenvalue weighted by atomic mass is 9.98. The summed E-state index contributed by atoms with van der Waals surface area (Å²) in [6.45, 7) is 3.36. The molecule has 0 bridgehead atoms. The van der Waals surface area contributed by atoms with Gasteiger partial charge in [-0.25, -0.2) is 0 Å². The van der Waals surface area contributed by atoms with Crippen LogP contribution in [0.2, 0.25) is 0 Å². The summed E-state index contributed by atoms with van der Waals surface area (Å²) in [7, 11) is 1.53. The number of aryl methyl sites for hydroxylation is 1. The van der Waals surface area contributed by atoms with E-state index >= 15 is 0 Å². The number of carbonyl (C=O) groups excluding carboxylic acids is 1. The van der Waals surface area contributed by atoms with Crippen molar-refractivity contribution in [1.29, 1.82) is 0 Å². The van der Waals surface area contributed by atoms with Gasteiger partial charge in [-0.05, 0) is 50.2 Å². The molecule has 2 heterocycles.